The molecular weight excluding hydrogens is 475 g/mol. The number of allylic oxidation sites excluding steroid dienone is 1. The molecule has 3 nitrogen and oxygen atoms in total. The van der Waals surface area contributed by atoms with Gasteiger partial charge in [-0.3, -0.25) is 9.78 Å². The summed E-state index contributed by atoms with van der Waals surface area (Å²) in [5, 5.41) is 4.78. The summed E-state index contributed by atoms with van der Waals surface area (Å²) in [4.78, 5) is 17.8. The number of benzene rings is 2. The van der Waals surface area contributed by atoms with Gasteiger partial charge in [-0.1, -0.05) is 66.5 Å². The molecule has 0 spiro atoms. The van der Waals surface area contributed by atoms with Crippen LogP contribution in [0.5, 0.6) is 0 Å². The molecule has 1 N–H and O–H groups in total. The number of amides is 1. The summed E-state index contributed by atoms with van der Waals surface area (Å²) in [6, 6.07) is 22.1. The van der Waals surface area contributed by atoms with Gasteiger partial charge in [-0.15, -0.1) is 6.58 Å². The van der Waals surface area contributed by atoms with Gasteiger partial charge in [0.1, 0.15) is 0 Å². The van der Waals surface area contributed by atoms with Crippen molar-refractivity contribution in [3.8, 4) is 0 Å². The highest BCUT2D eigenvalue weighted by atomic mass is 35.5. The zero-order valence-corrected chi connectivity index (χ0v) is 21.8. The molecule has 1 saturated heterocycles. The van der Waals surface area contributed by atoms with Gasteiger partial charge >= 0.3 is 0 Å². The molecule has 0 bridgehead atoms. The highest BCUT2D eigenvalue weighted by molar-refractivity contribution is 6.30. The van der Waals surface area contributed by atoms with E-state index in [4.69, 9.17) is 28.2 Å². The van der Waals surface area contributed by atoms with Crippen LogP contribution in [-0.4, -0.2) is 16.9 Å². The van der Waals surface area contributed by atoms with Crippen molar-refractivity contribution in [2.45, 2.75) is 50.5 Å². The first kappa shape index (κ1) is 25.5. The van der Waals surface area contributed by atoms with Gasteiger partial charge < -0.3 is 5.32 Å². The maximum Gasteiger partial charge on any atom is 0.223 e. The van der Waals surface area contributed by atoms with Gasteiger partial charge in [0.05, 0.1) is 5.69 Å². The number of hydrogen-bond donors (Lipinski definition) is 1. The number of nitrogens with one attached hydrogen (secondary N) is 1. The Bertz CT molecular complexity index is 1160. The second kappa shape index (κ2) is 11.0. The smallest absolute Gasteiger partial charge is 0.223 e. The third-order valence-electron chi connectivity index (χ3n) is 7.68. The number of carbonyl (C=O) groups is 1. The number of rotatable bonds is 8. The van der Waals surface area contributed by atoms with Crippen LogP contribution >= 0.6 is 23.2 Å². The lowest BCUT2D eigenvalue weighted by molar-refractivity contribution is -0.128. The summed E-state index contributed by atoms with van der Waals surface area (Å²) >= 11 is 12.6. The summed E-state index contributed by atoms with van der Waals surface area (Å²) < 4.78 is 0. The minimum absolute atomic E-state index is 0.0210. The Hall–Kier alpha value is -2.62. The van der Waals surface area contributed by atoms with Crippen molar-refractivity contribution in [3.63, 3.8) is 0 Å². The van der Waals surface area contributed by atoms with Crippen molar-refractivity contribution >= 4 is 29.1 Å². The third kappa shape index (κ3) is 5.47. The third-order valence-corrected chi connectivity index (χ3v) is 8.17. The van der Waals surface area contributed by atoms with E-state index in [1.165, 1.54) is 0 Å². The van der Waals surface area contributed by atoms with Gasteiger partial charge in [-0.25, -0.2) is 0 Å². The molecule has 1 amide bonds. The predicted octanol–water partition coefficient (Wildman–Crippen LogP) is 7.59. The van der Waals surface area contributed by atoms with Crippen molar-refractivity contribution in [2.24, 2.45) is 11.8 Å². The van der Waals surface area contributed by atoms with Gasteiger partial charge in [-0.05, 0) is 79.6 Å². The standard InChI is InChI=1S/C30H32Cl2N2O/c1-4-8-22-19-26(21-9-7-10-25(32)18-21)27(34-29(22)35)17-20(2)30(3,28-11-5-6-16-33-28)23-12-14-24(31)15-13-23/h4-7,9-16,18,20,22,26-27H,1,8,17,19H2,2-3H3,(H,34,35)/t20?,22-,26+,27-,30-/m0/s1. The molecule has 1 aliphatic rings. The molecule has 182 valence electrons. The van der Waals surface area contributed by atoms with E-state index in [2.05, 4.69) is 50.0 Å². The van der Waals surface area contributed by atoms with Crippen LogP contribution in [0.2, 0.25) is 10.0 Å². The first-order chi connectivity index (χ1) is 16.8. The Morgan fingerprint density at radius 2 is 1.89 bits per heavy atom. The number of piperidine rings is 1. The molecule has 0 saturated carbocycles. The fourth-order valence-corrected chi connectivity index (χ4v) is 5.80. The molecule has 1 aliphatic heterocycles. The van der Waals surface area contributed by atoms with Crippen molar-refractivity contribution in [1.29, 1.82) is 0 Å². The summed E-state index contributed by atoms with van der Waals surface area (Å²) in [6.07, 6.45) is 5.91. The highest BCUT2D eigenvalue weighted by Crippen LogP contribution is 2.44. The SMILES string of the molecule is C=CC[C@H]1C[C@H](c2cccc(Cl)c2)[C@H](CC(C)[C@@](C)(c2ccc(Cl)cc2)c2ccccn2)NC1=O. The zero-order chi connectivity index (χ0) is 25.0. The van der Waals surface area contributed by atoms with Crippen LogP contribution in [0.3, 0.4) is 0 Å². The van der Waals surface area contributed by atoms with Crippen molar-refractivity contribution in [2.75, 3.05) is 0 Å². The molecule has 4 rings (SSSR count). The minimum Gasteiger partial charge on any atom is -0.352 e. The number of nitrogens with zero attached hydrogens (tertiary/aromatic N) is 1. The average molecular weight is 508 g/mol. The lowest BCUT2D eigenvalue weighted by atomic mass is 9.66. The van der Waals surface area contributed by atoms with Crippen LogP contribution in [0.15, 0.2) is 85.6 Å². The number of hydrogen-bond acceptors (Lipinski definition) is 2. The van der Waals surface area contributed by atoms with E-state index in [-0.39, 0.29) is 35.1 Å². The largest absolute Gasteiger partial charge is 0.352 e. The van der Waals surface area contributed by atoms with E-state index < -0.39 is 0 Å². The molecule has 0 aliphatic carbocycles. The maximum atomic E-state index is 13.0. The Morgan fingerprint density at radius 1 is 1.11 bits per heavy atom. The molecule has 2 heterocycles. The second-order valence-corrected chi connectivity index (χ2v) is 10.7. The van der Waals surface area contributed by atoms with E-state index in [0.29, 0.717) is 16.5 Å². The molecule has 1 unspecified atom stereocenters. The predicted molar refractivity (Wildman–Crippen MR) is 145 cm³/mol. The highest BCUT2D eigenvalue weighted by Gasteiger charge is 2.42. The van der Waals surface area contributed by atoms with Gasteiger partial charge in [0.25, 0.3) is 0 Å². The minimum atomic E-state index is -0.368. The fraction of sp³-hybridized carbons (Fsp3) is 0.333. The second-order valence-electron chi connectivity index (χ2n) is 9.79. The van der Waals surface area contributed by atoms with Crippen LogP contribution in [0.25, 0.3) is 0 Å². The van der Waals surface area contributed by atoms with Gasteiger partial charge in [0.15, 0.2) is 0 Å². The Balaban J connectivity index is 1.70. The molecular formula is C30H32Cl2N2O. The topological polar surface area (TPSA) is 42.0 Å². The van der Waals surface area contributed by atoms with Crippen LogP contribution in [0.4, 0.5) is 0 Å². The van der Waals surface area contributed by atoms with E-state index >= 15 is 0 Å². The molecule has 1 aromatic heterocycles. The average Bonchev–Trinajstić information content (AvgIpc) is 2.86. The van der Waals surface area contributed by atoms with Crippen molar-refractivity contribution in [3.05, 3.63) is 112 Å². The summed E-state index contributed by atoms with van der Waals surface area (Å²) in [5.41, 5.74) is 2.95. The summed E-state index contributed by atoms with van der Waals surface area (Å²) in [7, 11) is 0. The molecule has 3 aromatic rings. The van der Waals surface area contributed by atoms with Gasteiger partial charge in [-0.2, -0.15) is 0 Å². The van der Waals surface area contributed by atoms with Gasteiger partial charge in [0, 0.05) is 39.5 Å². The van der Waals surface area contributed by atoms with Crippen LogP contribution in [-0.2, 0) is 10.2 Å². The fourth-order valence-electron chi connectivity index (χ4n) is 5.48. The Labute approximate surface area is 218 Å². The molecule has 35 heavy (non-hydrogen) atoms. The number of halogens is 2. The van der Waals surface area contributed by atoms with E-state index in [1.54, 1.807) is 0 Å². The van der Waals surface area contributed by atoms with E-state index in [1.807, 2.05) is 54.7 Å². The number of aromatic nitrogens is 1. The van der Waals surface area contributed by atoms with Crippen LogP contribution in [0.1, 0.15) is 55.8 Å². The maximum absolute atomic E-state index is 13.0. The lowest BCUT2D eigenvalue weighted by Gasteiger charge is -2.42. The molecule has 0 radical (unpaired) electrons. The zero-order valence-electron chi connectivity index (χ0n) is 20.3. The number of carbonyl (C=O) groups excluding carboxylic acids is 1. The van der Waals surface area contributed by atoms with Crippen molar-refractivity contribution in [1.82, 2.24) is 10.3 Å². The lowest BCUT2D eigenvalue weighted by Crippen LogP contribution is -2.50. The number of pyridine rings is 1. The summed E-state index contributed by atoms with van der Waals surface area (Å²) in [6.45, 7) is 8.35. The Kier molecular flexibility index (Phi) is 7.98. The van der Waals surface area contributed by atoms with Crippen molar-refractivity contribution < 1.29 is 4.79 Å². The van der Waals surface area contributed by atoms with Gasteiger partial charge in [0.2, 0.25) is 5.91 Å². The van der Waals surface area contributed by atoms with E-state index in [0.717, 1.165) is 29.7 Å². The molecule has 2 aromatic carbocycles. The quantitative estimate of drug-likeness (QED) is 0.319. The summed E-state index contributed by atoms with van der Waals surface area (Å²) in [5.74, 6) is 0.353. The first-order valence-electron chi connectivity index (χ1n) is 12.2. The molecule has 5 heteroatoms. The monoisotopic (exact) mass is 506 g/mol. The molecule has 5 atom stereocenters. The first-order valence-corrected chi connectivity index (χ1v) is 12.9. The normalized spacial score (nSPS) is 22.6. The van der Waals surface area contributed by atoms with Crippen LogP contribution in [0, 0.1) is 11.8 Å². The van der Waals surface area contributed by atoms with Crippen LogP contribution < -0.4 is 5.32 Å². The Morgan fingerprint density at radius 3 is 2.54 bits per heavy atom. The molecule has 1 fully saturated rings. The van der Waals surface area contributed by atoms with E-state index in [9.17, 15) is 4.79 Å².